The van der Waals surface area contributed by atoms with Gasteiger partial charge in [0.2, 0.25) is 0 Å². The predicted molar refractivity (Wildman–Crippen MR) is 77.0 cm³/mol. The summed E-state index contributed by atoms with van der Waals surface area (Å²) in [5.41, 5.74) is 6.32. The minimum atomic E-state index is -0.0920. The molecule has 1 aromatic rings. The van der Waals surface area contributed by atoms with E-state index in [1.54, 1.807) is 0 Å². The van der Waals surface area contributed by atoms with E-state index >= 15 is 0 Å². The van der Waals surface area contributed by atoms with Crippen LogP contribution in [0.1, 0.15) is 46.5 Å². The molecule has 0 aliphatic rings. The fourth-order valence-corrected chi connectivity index (χ4v) is 1.71. The third-order valence-corrected chi connectivity index (χ3v) is 2.66. The van der Waals surface area contributed by atoms with Crippen molar-refractivity contribution < 1.29 is 4.74 Å². The van der Waals surface area contributed by atoms with Gasteiger partial charge < -0.3 is 10.5 Å². The maximum absolute atomic E-state index is 5.95. The number of anilines is 1. The molecule has 0 fully saturated rings. The van der Waals surface area contributed by atoms with E-state index in [1.807, 2.05) is 24.3 Å². The van der Waals surface area contributed by atoms with Gasteiger partial charge >= 0.3 is 0 Å². The lowest BCUT2D eigenvalue weighted by Gasteiger charge is -2.26. The maximum atomic E-state index is 5.95. The molecule has 0 radical (unpaired) electrons. The number of hydrogen-bond acceptors (Lipinski definition) is 2. The Morgan fingerprint density at radius 3 is 2.24 bits per heavy atom. The van der Waals surface area contributed by atoms with E-state index in [4.69, 9.17) is 10.5 Å². The van der Waals surface area contributed by atoms with Crippen molar-refractivity contribution in [1.29, 1.82) is 0 Å². The molecule has 1 rings (SSSR count). The summed E-state index contributed by atoms with van der Waals surface area (Å²) in [6.07, 6.45) is 4.83. The van der Waals surface area contributed by atoms with Crippen LogP contribution in [0.4, 0.5) is 5.69 Å². The van der Waals surface area contributed by atoms with Crippen LogP contribution in [-0.4, -0.2) is 5.60 Å². The lowest BCUT2D eigenvalue weighted by atomic mass is 10.0. The summed E-state index contributed by atoms with van der Waals surface area (Å²) >= 11 is 0. The highest BCUT2D eigenvalue weighted by molar-refractivity contribution is 5.85. The first-order chi connectivity index (χ1) is 7.53. The highest BCUT2D eigenvalue weighted by atomic mass is 35.5. The van der Waals surface area contributed by atoms with E-state index in [0.29, 0.717) is 0 Å². The second kappa shape index (κ2) is 7.44. The molecule has 0 saturated carbocycles. The second-order valence-corrected chi connectivity index (χ2v) is 4.89. The molecule has 0 saturated heterocycles. The average Bonchev–Trinajstić information content (AvgIpc) is 2.21. The van der Waals surface area contributed by atoms with Crippen LogP contribution >= 0.6 is 12.4 Å². The zero-order valence-electron chi connectivity index (χ0n) is 11.0. The quantitative estimate of drug-likeness (QED) is 0.605. The van der Waals surface area contributed by atoms with Gasteiger partial charge in [0.25, 0.3) is 0 Å². The van der Waals surface area contributed by atoms with Crippen molar-refractivity contribution in [2.24, 2.45) is 0 Å². The zero-order valence-corrected chi connectivity index (χ0v) is 11.8. The molecular formula is C14H24ClNO. The zero-order chi connectivity index (χ0) is 12.0. The van der Waals surface area contributed by atoms with Crippen LogP contribution in [0.2, 0.25) is 0 Å². The Balaban J connectivity index is 0.00000256. The molecule has 0 heterocycles. The SMILES string of the molecule is CCCCCC(C)(C)Oc1ccc(N)cc1.Cl. The van der Waals surface area contributed by atoms with Gasteiger partial charge in [-0.2, -0.15) is 0 Å². The molecule has 98 valence electrons. The van der Waals surface area contributed by atoms with E-state index in [0.717, 1.165) is 17.9 Å². The Labute approximate surface area is 111 Å². The molecule has 1 aromatic carbocycles. The molecule has 17 heavy (non-hydrogen) atoms. The summed E-state index contributed by atoms with van der Waals surface area (Å²) < 4.78 is 5.95. The Morgan fingerprint density at radius 1 is 1.12 bits per heavy atom. The summed E-state index contributed by atoms with van der Waals surface area (Å²) in [4.78, 5) is 0. The van der Waals surface area contributed by atoms with Crippen LogP contribution in [0.5, 0.6) is 5.75 Å². The molecule has 0 atom stereocenters. The third-order valence-electron chi connectivity index (χ3n) is 2.66. The number of nitrogen functional groups attached to an aromatic ring is 1. The van der Waals surface area contributed by atoms with Crippen molar-refractivity contribution in [3.8, 4) is 5.75 Å². The number of nitrogens with two attached hydrogens (primary N) is 1. The first-order valence-corrected chi connectivity index (χ1v) is 6.08. The van der Waals surface area contributed by atoms with Gasteiger partial charge in [-0.05, 0) is 51.0 Å². The summed E-state index contributed by atoms with van der Waals surface area (Å²) in [5.74, 6) is 0.899. The van der Waals surface area contributed by atoms with Gasteiger partial charge in [-0.3, -0.25) is 0 Å². The topological polar surface area (TPSA) is 35.2 Å². The van der Waals surface area contributed by atoms with Crippen molar-refractivity contribution in [2.45, 2.75) is 52.1 Å². The fourth-order valence-electron chi connectivity index (χ4n) is 1.71. The van der Waals surface area contributed by atoms with Gasteiger partial charge in [0, 0.05) is 5.69 Å². The molecule has 0 spiro atoms. The van der Waals surface area contributed by atoms with Crippen molar-refractivity contribution >= 4 is 18.1 Å². The molecule has 0 bridgehead atoms. The first-order valence-electron chi connectivity index (χ1n) is 6.08. The van der Waals surface area contributed by atoms with Crippen molar-refractivity contribution in [3.05, 3.63) is 24.3 Å². The van der Waals surface area contributed by atoms with Crippen LogP contribution < -0.4 is 10.5 Å². The number of halogens is 1. The lowest BCUT2D eigenvalue weighted by Crippen LogP contribution is -2.27. The lowest BCUT2D eigenvalue weighted by molar-refractivity contribution is 0.0963. The van der Waals surface area contributed by atoms with Crippen molar-refractivity contribution in [2.75, 3.05) is 5.73 Å². The van der Waals surface area contributed by atoms with Crippen LogP contribution in [0.15, 0.2) is 24.3 Å². The minimum Gasteiger partial charge on any atom is -0.488 e. The number of rotatable bonds is 6. The summed E-state index contributed by atoms with van der Waals surface area (Å²) in [6, 6.07) is 7.60. The third kappa shape index (κ3) is 6.42. The van der Waals surface area contributed by atoms with E-state index in [2.05, 4.69) is 20.8 Å². The molecule has 0 unspecified atom stereocenters. The molecule has 0 aliphatic carbocycles. The van der Waals surface area contributed by atoms with Crippen molar-refractivity contribution in [1.82, 2.24) is 0 Å². The Hall–Kier alpha value is -0.890. The van der Waals surface area contributed by atoms with Crippen molar-refractivity contribution in [3.63, 3.8) is 0 Å². The smallest absolute Gasteiger partial charge is 0.120 e. The van der Waals surface area contributed by atoms with Gasteiger partial charge in [-0.15, -0.1) is 12.4 Å². The summed E-state index contributed by atoms with van der Waals surface area (Å²) in [6.45, 7) is 6.49. The van der Waals surface area contributed by atoms with Gasteiger partial charge in [-0.1, -0.05) is 19.8 Å². The van der Waals surface area contributed by atoms with Gasteiger partial charge in [0.1, 0.15) is 11.4 Å². The van der Waals surface area contributed by atoms with Crippen LogP contribution in [0, 0.1) is 0 Å². The van der Waals surface area contributed by atoms with Crippen LogP contribution in [-0.2, 0) is 0 Å². The van der Waals surface area contributed by atoms with Gasteiger partial charge in [-0.25, -0.2) is 0 Å². The predicted octanol–water partition coefficient (Wildman–Crippen LogP) is 4.43. The van der Waals surface area contributed by atoms with E-state index in [1.165, 1.54) is 19.3 Å². The molecule has 0 aliphatic heterocycles. The number of benzene rings is 1. The summed E-state index contributed by atoms with van der Waals surface area (Å²) in [7, 11) is 0. The monoisotopic (exact) mass is 257 g/mol. The average molecular weight is 258 g/mol. The Morgan fingerprint density at radius 2 is 1.71 bits per heavy atom. The van der Waals surface area contributed by atoms with Gasteiger partial charge in [0.15, 0.2) is 0 Å². The van der Waals surface area contributed by atoms with E-state index in [9.17, 15) is 0 Å². The van der Waals surface area contributed by atoms with Crippen LogP contribution in [0.3, 0.4) is 0 Å². The Kier molecular flexibility index (Phi) is 7.05. The normalized spacial score (nSPS) is 10.8. The van der Waals surface area contributed by atoms with Crippen LogP contribution in [0.25, 0.3) is 0 Å². The Bertz CT molecular complexity index is 309. The molecule has 0 aromatic heterocycles. The molecular weight excluding hydrogens is 234 g/mol. The highest BCUT2D eigenvalue weighted by Crippen LogP contribution is 2.23. The number of unbranched alkanes of at least 4 members (excludes halogenated alkanes) is 2. The molecule has 3 heteroatoms. The largest absolute Gasteiger partial charge is 0.488 e. The minimum absolute atomic E-state index is 0. The van der Waals surface area contributed by atoms with E-state index in [-0.39, 0.29) is 18.0 Å². The number of hydrogen-bond donors (Lipinski definition) is 1. The molecule has 2 N–H and O–H groups in total. The molecule has 0 amide bonds. The van der Waals surface area contributed by atoms with Gasteiger partial charge in [0.05, 0.1) is 0 Å². The fraction of sp³-hybridized carbons (Fsp3) is 0.571. The highest BCUT2D eigenvalue weighted by Gasteiger charge is 2.18. The first kappa shape index (κ1) is 16.1. The molecule has 2 nitrogen and oxygen atoms in total. The summed E-state index contributed by atoms with van der Waals surface area (Å²) in [5, 5.41) is 0. The number of ether oxygens (including phenoxy) is 1. The van der Waals surface area contributed by atoms with E-state index < -0.39 is 0 Å². The standard InChI is InChI=1S/C14H23NO.ClH/c1-4-5-6-11-14(2,3)16-13-9-7-12(15)8-10-13;/h7-10H,4-6,11,15H2,1-3H3;1H. The second-order valence-electron chi connectivity index (χ2n) is 4.89. The maximum Gasteiger partial charge on any atom is 0.120 e.